The lowest BCUT2D eigenvalue weighted by Gasteiger charge is -2.19. The van der Waals surface area contributed by atoms with Gasteiger partial charge in [0.1, 0.15) is 5.82 Å². The maximum atomic E-state index is 5.30. The first-order chi connectivity index (χ1) is 9.85. The van der Waals surface area contributed by atoms with Gasteiger partial charge in [-0.05, 0) is 44.7 Å². The van der Waals surface area contributed by atoms with Gasteiger partial charge in [-0.2, -0.15) is 0 Å². The lowest BCUT2D eigenvalue weighted by Crippen LogP contribution is -2.25. The molecule has 1 aromatic heterocycles. The van der Waals surface area contributed by atoms with E-state index in [9.17, 15) is 0 Å². The summed E-state index contributed by atoms with van der Waals surface area (Å²) in [5.41, 5.74) is 3.47. The van der Waals surface area contributed by atoms with E-state index >= 15 is 0 Å². The number of ether oxygens (including phenoxy) is 1. The lowest BCUT2D eigenvalue weighted by molar-refractivity contribution is 0.117. The molecule has 4 heteroatoms. The van der Waals surface area contributed by atoms with Crippen LogP contribution < -0.4 is 5.32 Å². The molecule has 0 spiro atoms. The third kappa shape index (κ3) is 5.71. The summed E-state index contributed by atoms with van der Waals surface area (Å²) in [4.78, 5) is 9.33. The topological polar surface area (TPSA) is 47.0 Å². The van der Waals surface area contributed by atoms with E-state index in [2.05, 4.69) is 49.9 Å². The molecule has 0 aliphatic heterocycles. The van der Waals surface area contributed by atoms with E-state index in [1.165, 1.54) is 5.56 Å². The van der Waals surface area contributed by atoms with Crippen molar-refractivity contribution >= 4 is 0 Å². The van der Waals surface area contributed by atoms with Gasteiger partial charge in [0.15, 0.2) is 0 Å². The quantitative estimate of drug-likeness (QED) is 0.800. The molecule has 1 aromatic rings. The van der Waals surface area contributed by atoms with Crippen LogP contribution in [0.4, 0.5) is 0 Å². The van der Waals surface area contributed by atoms with Crippen molar-refractivity contribution < 1.29 is 4.74 Å². The molecule has 0 aromatic carbocycles. The average Bonchev–Trinajstić information content (AvgIpc) is 2.37. The van der Waals surface area contributed by atoms with Crippen molar-refractivity contribution in [2.24, 2.45) is 5.92 Å². The second-order valence-electron chi connectivity index (χ2n) is 6.43. The van der Waals surface area contributed by atoms with Gasteiger partial charge in [0.05, 0.1) is 6.10 Å². The molecule has 21 heavy (non-hydrogen) atoms. The normalized spacial score (nSPS) is 14.5. The lowest BCUT2D eigenvalue weighted by atomic mass is 9.97. The zero-order valence-corrected chi connectivity index (χ0v) is 14.7. The standard InChI is InChI=1S/C17H31N3O/c1-11(2)9-18-10-12(3)17-14(5)19-16(20-15(17)6)8-13(4)21-7/h11-13,18H,8-10H2,1-7H3. The third-order valence-corrected chi connectivity index (χ3v) is 3.74. The van der Waals surface area contributed by atoms with Crippen LogP contribution in [0.25, 0.3) is 0 Å². The van der Waals surface area contributed by atoms with Crippen LogP contribution in [0.5, 0.6) is 0 Å². The molecule has 0 aliphatic rings. The Bertz CT molecular complexity index is 423. The van der Waals surface area contributed by atoms with E-state index in [-0.39, 0.29) is 6.10 Å². The maximum absolute atomic E-state index is 5.30. The number of aryl methyl sites for hydroxylation is 2. The van der Waals surface area contributed by atoms with Crippen LogP contribution in [0.3, 0.4) is 0 Å². The molecule has 120 valence electrons. The number of hydrogen-bond donors (Lipinski definition) is 1. The Labute approximate surface area is 129 Å². The van der Waals surface area contributed by atoms with E-state index in [4.69, 9.17) is 4.74 Å². The zero-order valence-electron chi connectivity index (χ0n) is 14.7. The summed E-state index contributed by atoms with van der Waals surface area (Å²) >= 11 is 0. The second-order valence-corrected chi connectivity index (χ2v) is 6.43. The minimum Gasteiger partial charge on any atom is -0.381 e. The maximum Gasteiger partial charge on any atom is 0.131 e. The van der Waals surface area contributed by atoms with E-state index in [0.717, 1.165) is 36.7 Å². The van der Waals surface area contributed by atoms with Crippen molar-refractivity contribution in [2.75, 3.05) is 20.2 Å². The van der Waals surface area contributed by atoms with Gasteiger partial charge in [0, 0.05) is 31.5 Å². The highest BCUT2D eigenvalue weighted by atomic mass is 16.5. The molecule has 0 aliphatic carbocycles. The summed E-state index contributed by atoms with van der Waals surface area (Å²) < 4.78 is 5.30. The number of nitrogens with zero attached hydrogens (tertiary/aromatic N) is 2. The summed E-state index contributed by atoms with van der Waals surface area (Å²) in [5.74, 6) is 1.98. The number of rotatable bonds is 8. The summed E-state index contributed by atoms with van der Waals surface area (Å²) in [7, 11) is 1.72. The molecule has 0 amide bonds. The molecule has 0 bridgehead atoms. The zero-order chi connectivity index (χ0) is 16.0. The van der Waals surface area contributed by atoms with Gasteiger partial charge in [0.25, 0.3) is 0 Å². The second kappa shape index (κ2) is 8.44. The fourth-order valence-electron chi connectivity index (χ4n) is 2.63. The number of hydrogen-bond acceptors (Lipinski definition) is 4. The highest BCUT2D eigenvalue weighted by Crippen LogP contribution is 2.21. The van der Waals surface area contributed by atoms with E-state index < -0.39 is 0 Å². The van der Waals surface area contributed by atoms with Crippen molar-refractivity contribution in [2.45, 2.75) is 60.0 Å². The van der Waals surface area contributed by atoms with Crippen LogP contribution in [0.15, 0.2) is 0 Å². The van der Waals surface area contributed by atoms with Gasteiger partial charge in [-0.25, -0.2) is 9.97 Å². The van der Waals surface area contributed by atoms with Gasteiger partial charge in [0.2, 0.25) is 0 Å². The van der Waals surface area contributed by atoms with Crippen LogP contribution in [-0.4, -0.2) is 36.3 Å². The van der Waals surface area contributed by atoms with E-state index in [0.29, 0.717) is 11.8 Å². The summed E-state index contributed by atoms with van der Waals surface area (Å²) in [6.45, 7) is 14.9. The van der Waals surface area contributed by atoms with Crippen molar-refractivity contribution in [1.82, 2.24) is 15.3 Å². The smallest absolute Gasteiger partial charge is 0.131 e. The predicted molar refractivity (Wildman–Crippen MR) is 87.8 cm³/mol. The average molecular weight is 293 g/mol. The van der Waals surface area contributed by atoms with Gasteiger partial charge in [-0.1, -0.05) is 20.8 Å². The van der Waals surface area contributed by atoms with Crippen LogP contribution in [0.1, 0.15) is 56.4 Å². The van der Waals surface area contributed by atoms with Gasteiger partial charge >= 0.3 is 0 Å². The van der Waals surface area contributed by atoms with E-state index in [1.807, 2.05) is 6.92 Å². The van der Waals surface area contributed by atoms with Crippen LogP contribution >= 0.6 is 0 Å². The van der Waals surface area contributed by atoms with Crippen molar-refractivity contribution in [3.05, 3.63) is 22.8 Å². The van der Waals surface area contributed by atoms with Gasteiger partial charge < -0.3 is 10.1 Å². The van der Waals surface area contributed by atoms with Gasteiger partial charge in [-0.15, -0.1) is 0 Å². The molecule has 0 saturated carbocycles. The summed E-state index contributed by atoms with van der Waals surface area (Å²) in [6, 6.07) is 0. The number of methoxy groups -OCH3 is 1. The third-order valence-electron chi connectivity index (χ3n) is 3.74. The SMILES string of the molecule is COC(C)Cc1nc(C)c(C(C)CNCC(C)C)c(C)n1. The Morgan fingerprint density at radius 3 is 2.05 bits per heavy atom. The molecular formula is C17H31N3O. The molecular weight excluding hydrogens is 262 g/mol. The first-order valence-electron chi connectivity index (χ1n) is 7.92. The Hall–Kier alpha value is -1.00. The fraction of sp³-hybridized carbons (Fsp3) is 0.765. The van der Waals surface area contributed by atoms with Crippen LogP contribution in [0, 0.1) is 19.8 Å². The van der Waals surface area contributed by atoms with Crippen LogP contribution in [-0.2, 0) is 11.2 Å². The number of aromatic nitrogens is 2. The first kappa shape index (κ1) is 18.1. The Morgan fingerprint density at radius 1 is 1.00 bits per heavy atom. The molecule has 1 rings (SSSR count). The van der Waals surface area contributed by atoms with Crippen molar-refractivity contribution in [3.63, 3.8) is 0 Å². The molecule has 1 N–H and O–H groups in total. The van der Waals surface area contributed by atoms with Crippen molar-refractivity contribution in [1.29, 1.82) is 0 Å². The molecule has 1 heterocycles. The largest absolute Gasteiger partial charge is 0.381 e. The molecule has 0 saturated heterocycles. The monoisotopic (exact) mass is 293 g/mol. The molecule has 4 nitrogen and oxygen atoms in total. The van der Waals surface area contributed by atoms with Crippen molar-refractivity contribution in [3.8, 4) is 0 Å². The predicted octanol–water partition coefficient (Wildman–Crippen LogP) is 3.02. The minimum atomic E-state index is 0.153. The van der Waals surface area contributed by atoms with Gasteiger partial charge in [-0.3, -0.25) is 0 Å². The Morgan fingerprint density at radius 2 is 1.57 bits per heavy atom. The highest BCUT2D eigenvalue weighted by Gasteiger charge is 2.16. The molecule has 0 fully saturated rings. The molecule has 2 unspecified atom stereocenters. The van der Waals surface area contributed by atoms with E-state index in [1.54, 1.807) is 7.11 Å². The minimum absolute atomic E-state index is 0.153. The number of nitrogens with one attached hydrogen (secondary N) is 1. The molecule has 2 atom stereocenters. The first-order valence-corrected chi connectivity index (χ1v) is 7.92. The molecule has 0 radical (unpaired) electrons. The van der Waals surface area contributed by atoms with Crippen LogP contribution in [0.2, 0.25) is 0 Å². The summed E-state index contributed by atoms with van der Waals surface area (Å²) in [5, 5.41) is 3.52. The fourth-order valence-corrected chi connectivity index (χ4v) is 2.63. The Kier molecular flexibility index (Phi) is 7.26. The highest BCUT2D eigenvalue weighted by molar-refractivity contribution is 5.28. The summed E-state index contributed by atoms with van der Waals surface area (Å²) in [6.07, 6.45) is 0.915. The Balaban J connectivity index is 2.79.